The highest BCUT2D eigenvalue weighted by Gasteiger charge is 2.57. The first kappa shape index (κ1) is 18.9. The molecule has 0 spiro atoms. The van der Waals surface area contributed by atoms with Gasteiger partial charge in [0.15, 0.2) is 0 Å². The Hall–Kier alpha value is -3.12. The molecule has 0 radical (unpaired) electrons. The molecule has 2 aromatic carbocycles. The number of rotatable bonds is 5. The molecule has 0 unspecified atom stereocenters. The maximum absolute atomic E-state index is 13.4. The highest BCUT2D eigenvalue weighted by atomic mass is 16.3. The summed E-state index contributed by atoms with van der Waals surface area (Å²) in [5.74, 6) is -0.155. The van der Waals surface area contributed by atoms with E-state index in [1.807, 2.05) is 53.4 Å². The van der Waals surface area contributed by atoms with Gasteiger partial charge in [0.2, 0.25) is 0 Å². The lowest BCUT2D eigenvalue weighted by Crippen LogP contribution is -2.44. The maximum Gasteiger partial charge on any atom is 0.272 e. The molecule has 30 heavy (non-hydrogen) atoms. The van der Waals surface area contributed by atoms with Gasteiger partial charge in [0.1, 0.15) is 5.69 Å². The zero-order valence-corrected chi connectivity index (χ0v) is 16.7. The number of aromatic nitrogens is 2. The summed E-state index contributed by atoms with van der Waals surface area (Å²) < 4.78 is 1.40. The third-order valence-corrected chi connectivity index (χ3v) is 6.77. The predicted molar refractivity (Wildman–Crippen MR) is 114 cm³/mol. The maximum atomic E-state index is 13.4. The molecule has 1 aromatic heterocycles. The van der Waals surface area contributed by atoms with Crippen LogP contribution >= 0.6 is 0 Å². The fourth-order valence-electron chi connectivity index (χ4n) is 5.43. The van der Waals surface area contributed by atoms with E-state index >= 15 is 0 Å². The molecular formula is C24H25N3O3. The van der Waals surface area contributed by atoms with E-state index in [1.165, 1.54) is 16.3 Å². The van der Waals surface area contributed by atoms with Crippen molar-refractivity contribution in [1.29, 1.82) is 0 Å². The van der Waals surface area contributed by atoms with Crippen molar-refractivity contribution in [3.8, 4) is 5.69 Å². The highest BCUT2D eigenvalue weighted by molar-refractivity contribution is 5.93. The number of amides is 1. The monoisotopic (exact) mass is 403 g/mol. The molecule has 2 N–H and O–H groups in total. The lowest BCUT2D eigenvalue weighted by molar-refractivity contribution is 0.0566. The Morgan fingerprint density at radius 2 is 1.77 bits per heavy atom. The molecule has 0 saturated carbocycles. The predicted octanol–water partition coefficient (Wildman–Crippen LogP) is 2.76. The second-order valence-corrected chi connectivity index (χ2v) is 8.53. The smallest absolute Gasteiger partial charge is 0.272 e. The molecule has 0 aliphatic carbocycles. The van der Waals surface area contributed by atoms with E-state index in [0.29, 0.717) is 11.4 Å². The van der Waals surface area contributed by atoms with Gasteiger partial charge in [-0.3, -0.25) is 14.7 Å². The summed E-state index contributed by atoms with van der Waals surface area (Å²) in [6, 6.07) is 20.8. The molecule has 2 aliphatic rings. The van der Waals surface area contributed by atoms with Crippen LogP contribution in [0.15, 0.2) is 71.5 Å². The summed E-state index contributed by atoms with van der Waals surface area (Å²) in [6.07, 6.45) is 3.36. The number of aliphatic hydroxyl groups is 1. The van der Waals surface area contributed by atoms with Gasteiger partial charge in [-0.25, -0.2) is 4.68 Å². The molecule has 6 nitrogen and oxygen atoms in total. The van der Waals surface area contributed by atoms with Crippen LogP contribution in [0, 0.1) is 5.41 Å². The molecule has 6 heteroatoms. The summed E-state index contributed by atoms with van der Waals surface area (Å²) in [4.78, 5) is 27.8. The van der Waals surface area contributed by atoms with Crippen LogP contribution in [0.1, 0.15) is 35.3 Å². The molecule has 154 valence electrons. The van der Waals surface area contributed by atoms with Gasteiger partial charge >= 0.3 is 0 Å². The molecule has 5 rings (SSSR count). The molecular weight excluding hydrogens is 378 g/mol. The Kier molecular flexibility index (Phi) is 4.59. The SMILES string of the molecule is O=C(c1cc(=O)n(-c2ccccc2)[nH]1)N1[C@@H]2CC[C@H]1[C@](CO)(Cc1ccccc1)C2. The van der Waals surface area contributed by atoms with Crippen LogP contribution < -0.4 is 5.56 Å². The summed E-state index contributed by atoms with van der Waals surface area (Å²) >= 11 is 0. The summed E-state index contributed by atoms with van der Waals surface area (Å²) in [5.41, 5.74) is 1.58. The van der Waals surface area contributed by atoms with Crippen molar-refractivity contribution in [2.24, 2.45) is 5.41 Å². The first-order chi connectivity index (χ1) is 14.6. The van der Waals surface area contributed by atoms with Crippen molar-refractivity contribution in [3.63, 3.8) is 0 Å². The lowest BCUT2D eigenvalue weighted by Gasteiger charge is -2.36. The molecule has 2 saturated heterocycles. The van der Waals surface area contributed by atoms with Crippen molar-refractivity contribution in [2.75, 3.05) is 6.61 Å². The molecule has 3 heterocycles. The topological polar surface area (TPSA) is 78.3 Å². The summed E-state index contributed by atoms with van der Waals surface area (Å²) in [6.45, 7) is 0.0500. The average Bonchev–Trinajstić information content (AvgIpc) is 3.46. The number of aromatic amines is 1. The molecule has 2 fully saturated rings. The normalized spacial score (nSPS) is 25.0. The van der Waals surface area contributed by atoms with E-state index in [9.17, 15) is 14.7 Å². The first-order valence-electron chi connectivity index (χ1n) is 10.5. The molecule has 3 atom stereocenters. The van der Waals surface area contributed by atoms with Crippen molar-refractivity contribution in [3.05, 3.63) is 88.3 Å². The van der Waals surface area contributed by atoms with Gasteiger partial charge in [0, 0.05) is 23.6 Å². The van der Waals surface area contributed by atoms with Crippen LogP contribution in [0.4, 0.5) is 0 Å². The second kappa shape index (κ2) is 7.29. The van der Waals surface area contributed by atoms with Gasteiger partial charge in [0.05, 0.1) is 12.3 Å². The number of H-pyrrole nitrogens is 1. The Morgan fingerprint density at radius 1 is 1.07 bits per heavy atom. The van der Waals surface area contributed by atoms with Gasteiger partial charge in [0.25, 0.3) is 11.5 Å². The number of nitrogens with zero attached hydrogens (tertiary/aromatic N) is 2. The van der Waals surface area contributed by atoms with Crippen LogP contribution in [0.5, 0.6) is 0 Å². The van der Waals surface area contributed by atoms with Crippen molar-refractivity contribution < 1.29 is 9.90 Å². The molecule has 2 bridgehead atoms. The fourth-order valence-corrected chi connectivity index (χ4v) is 5.43. The van der Waals surface area contributed by atoms with Crippen LogP contribution in [-0.4, -0.2) is 44.4 Å². The Labute approximate surface area is 174 Å². The summed E-state index contributed by atoms with van der Waals surface area (Å²) in [5, 5.41) is 13.4. The largest absolute Gasteiger partial charge is 0.396 e. The van der Waals surface area contributed by atoms with E-state index < -0.39 is 0 Å². The van der Waals surface area contributed by atoms with Crippen molar-refractivity contribution >= 4 is 5.91 Å². The van der Waals surface area contributed by atoms with E-state index in [2.05, 4.69) is 17.2 Å². The Balaban J connectivity index is 1.44. The Bertz CT molecular complexity index is 1110. The summed E-state index contributed by atoms with van der Waals surface area (Å²) in [7, 11) is 0. The zero-order valence-electron chi connectivity index (χ0n) is 16.7. The minimum Gasteiger partial charge on any atom is -0.396 e. The van der Waals surface area contributed by atoms with Gasteiger partial charge in [-0.2, -0.15) is 0 Å². The van der Waals surface area contributed by atoms with E-state index in [4.69, 9.17) is 0 Å². The van der Waals surface area contributed by atoms with E-state index in [0.717, 1.165) is 25.7 Å². The number of para-hydroxylation sites is 1. The van der Waals surface area contributed by atoms with Crippen molar-refractivity contribution in [2.45, 2.75) is 37.8 Å². The number of carbonyl (C=O) groups excluding carboxylic acids is 1. The van der Waals surface area contributed by atoms with E-state index in [-0.39, 0.29) is 35.6 Å². The van der Waals surface area contributed by atoms with Crippen molar-refractivity contribution in [1.82, 2.24) is 14.7 Å². The Morgan fingerprint density at radius 3 is 2.47 bits per heavy atom. The van der Waals surface area contributed by atoms with Gasteiger partial charge in [-0.05, 0) is 43.4 Å². The number of fused-ring (bicyclic) bond motifs is 2. The molecule has 1 amide bonds. The molecule has 3 aromatic rings. The van der Waals surface area contributed by atoms with Gasteiger partial charge in [-0.15, -0.1) is 0 Å². The number of nitrogens with one attached hydrogen (secondary N) is 1. The number of hydrogen-bond acceptors (Lipinski definition) is 3. The van der Waals surface area contributed by atoms with Crippen LogP contribution in [0.3, 0.4) is 0 Å². The van der Waals surface area contributed by atoms with Gasteiger partial charge in [-0.1, -0.05) is 48.5 Å². The zero-order chi connectivity index (χ0) is 20.7. The van der Waals surface area contributed by atoms with Crippen LogP contribution in [0.2, 0.25) is 0 Å². The minimum atomic E-state index is -0.331. The standard InChI is InChI=1S/C24H25N3O3/c28-16-24(14-17-7-3-1-4-8-17)15-19-11-12-21(24)26(19)23(30)20-13-22(29)27(25-20)18-9-5-2-6-10-18/h1-10,13,19,21,25,28H,11-12,14-16H2/t19-,21+,24-/m1/s1. The third-order valence-electron chi connectivity index (χ3n) is 6.77. The minimum absolute atomic E-state index is 0.0243. The highest BCUT2D eigenvalue weighted by Crippen LogP contribution is 2.51. The number of carbonyl (C=O) groups is 1. The fraction of sp³-hybridized carbons (Fsp3) is 0.333. The molecule has 2 aliphatic heterocycles. The number of benzene rings is 2. The number of hydrogen-bond donors (Lipinski definition) is 2. The van der Waals surface area contributed by atoms with E-state index in [1.54, 1.807) is 0 Å². The van der Waals surface area contributed by atoms with Gasteiger partial charge < -0.3 is 10.0 Å². The second-order valence-electron chi connectivity index (χ2n) is 8.53. The van der Waals surface area contributed by atoms with Crippen LogP contribution in [0.25, 0.3) is 5.69 Å². The quantitative estimate of drug-likeness (QED) is 0.688. The average molecular weight is 403 g/mol. The number of aliphatic hydroxyl groups excluding tert-OH is 1. The third kappa shape index (κ3) is 2.99. The lowest BCUT2D eigenvalue weighted by atomic mass is 9.70. The van der Waals surface area contributed by atoms with Crippen LogP contribution in [-0.2, 0) is 6.42 Å². The first-order valence-corrected chi connectivity index (χ1v) is 10.5.